The average Bonchev–Trinajstić information content (AvgIpc) is 3.17. The number of alkyl halides is 3. The molecule has 4 rings (SSSR count). The first-order chi connectivity index (χ1) is 14.8. The van der Waals surface area contributed by atoms with Gasteiger partial charge < -0.3 is 14.6 Å². The maximum atomic E-state index is 13.4. The zero-order chi connectivity index (χ0) is 22.2. The van der Waals surface area contributed by atoms with Gasteiger partial charge in [0.25, 0.3) is 0 Å². The van der Waals surface area contributed by atoms with Crippen LogP contribution in [0.4, 0.5) is 13.2 Å². The molecule has 1 saturated carbocycles. The standard InChI is InChI=1S/C22H26F3N3O3/c1-30-19-17(10-26-20(27-19)31-2)21(29)9-5-7-15-12-28(13-18(15)21)11-14-6-3-4-8-16(14)22(23,24)25/h3-4,6,8,10,15,18,29H,5,7,9,11-13H2,1-2H3/t15-,18+,21+/m0/s1. The Morgan fingerprint density at radius 2 is 1.97 bits per heavy atom. The molecule has 1 aromatic carbocycles. The van der Waals surface area contributed by atoms with Crippen molar-refractivity contribution in [3.63, 3.8) is 0 Å². The summed E-state index contributed by atoms with van der Waals surface area (Å²) in [6.45, 7) is 1.32. The van der Waals surface area contributed by atoms with Crippen LogP contribution in [-0.2, 0) is 18.3 Å². The van der Waals surface area contributed by atoms with Crippen LogP contribution in [0.2, 0.25) is 0 Å². The van der Waals surface area contributed by atoms with E-state index in [1.54, 1.807) is 6.07 Å². The number of methoxy groups -OCH3 is 2. The molecule has 168 valence electrons. The van der Waals surface area contributed by atoms with Gasteiger partial charge in [-0.2, -0.15) is 18.2 Å². The lowest BCUT2D eigenvalue weighted by Crippen LogP contribution is -2.43. The first-order valence-electron chi connectivity index (χ1n) is 10.3. The van der Waals surface area contributed by atoms with E-state index >= 15 is 0 Å². The molecule has 1 aromatic heterocycles. The number of benzene rings is 1. The van der Waals surface area contributed by atoms with Gasteiger partial charge in [0.2, 0.25) is 5.88 Å². The van der Waals surface area contributed by atoms with E-state index < -0.39 is 17.3 Å². The van der Waals surface area contributed by atoms with Crippen LogP contribution in [0.25, 0.3) is 0 Å². The van der Waals surface area contributed by atoms with Gasteiger partial charge in [-0.3, -0.25) is 4.90 Å². The monoisotopic (exact) mass is 437 g/mol. The van der Waals surface area contributed by atoms with Gasteiger partial charge in [-0.05, 0) is 36.8 Å². The van der Waals surface area contributed by atoms with E-state index in [4.69, 9.17) is 9.47 Å². The molecule has 3 atom stereocenters. The normalized spacial score (nSPS) is 26.5. The van der Waals surface area contributed by atoms with Gasteiger partial charge in [-0.1, -0.05) is 18.2 Å². The van der Waals surface area contributed by atoms with E-state index in [1.807, 2.05) is 4.90 Å². The van der Waals surface area contributed by atoms with Crippen LogP contribution in [-0.4, -0.2) is 47.3 Å². The maximum absolute atomic E-state index is 13.4. The van der Waals surface area contributed by atoms with Crippen molar-refractivity contribution in [1.82, 2.24) is 14.9 Å². The Labute approximate surface area is 179 Å². The Bertz CT molecular complexity index is 940. The van der Waals surface area contributed by atoms with E-state index in [0.29, 0.717) is 25.1 Å². The predicted molar refractivity (Wildman–Crippen MR) is 107 cm³/mol. The average molecular weight is 437 g/mol. The second-order valence-electron chi connectivity index (χ2n) is 8.31. The van der Waals surface area contributed by atoms with Crippen LogP contribution in [0.15, 0.2) is 30.5 Å². The van der Waals surface area contributed by atoms with E-state index in [-0.39, 0.29) is 35.8 Å². The van der Waals surface area contributed by atoms with Gasteiger partial charge in [0.05, 0.1) is 25.3 Å². The summed E-state index contributed by atoms with van der Waals surface area (Å²) < 4.78 is 50.7. The highest BCUT2D eigenvalue weighted by molar-refractivity contribution is 5.34. The molecular formula is C22H26F3N3O3. The van der Waals surface area contributed by atoms with E-state index in [1.165, 1.54) is 32.5 Å². The number of ether oxygens (including phenoxy) is 2. The van der Waals surface area contributed by atoms with E-state index in [9.17, 15) is 18.3 Å². The van der Waals surface area contributed by atoms with Crippen LogP contribution in [0.1, 0.15) is 36.0 Å². The first-order valence-corrected chi connectivity index (χ1v) is 10.3. The number of hydrogen-bond acceptors (Lipinski definition) is 6. The number of rotatable bonds is 5. The molecule has 1 N–H and O–H groups in total. The van der Waals surface area contributed by atoms with Crippen LogP contribution in [0, 0.1) is 11.8 Å². The minimum atomic E-state index is -4.39. The fourth-order valence-electron chi connectivity index (χ4n) is 5.15. The van der Waals surface area contributed by atoms with Crippen molar-refractivity contribution in [2.45, 2.75) is 37.6 Å². The van der Waals surface area contributed by atoms with E-state index in [2.05, 4.69) is 9.97 Å². The van der Waals surface area contributed by atoms with Gasteiger partial charge in [0.1, 0.15) is 5.60 Å². The zero-order valence-corrected chi connectivity index (χ0v) is 17.5. The first kappa shape index (κ1) is 21.8. The molecule has 1 aliphatic heterocycles. The summed E-state index contributed by atoms with van der Waals surface area (Å²) in [4.78, 5) is 10.4. The summed E-state index contributed by atoms with van der Waals surface area (Å²) in [5.74, 6) is 0.282. The lowest BCUT2D eigenvalue weighted by atomic mass is 9.68. The molecule has 2 heterocycles. The summed E-state index contributed by atoms with van der Waals surface area (Å²) in [5, 5.41) is 11.7. The Kier molecular flexibility index (Phi) is 5.83. The third-order valence-electron chi connectivity index (χ3n) is 6.55. The SMILES string of the molecule is COc1ncc([C@]2(O)CCC[C@H]3CN(Cc4ccccc4C(F)(F)F)C[C@H]32)c(OC)n1. The molecule has 2 aliphatic rings. The number of aliphatic hydroxyl groups is 1. The molecule has 0 spiro atoms. The molecule has 0 bridgehead atoms. The molecule has 0 unspecified atom stereocenters. The molecule has 0 radical (unpaired) electrons. The zero-order valence-electron chi connectivity index (χ0n) is 17.5. The predicted octanol–water partition coefficient (Wildman–Crippen LogP) is 3.63. The van der Waals surface area contributed by atoms with Gasteiger partial charge in [0.15, 0.2) is 0 Å². The largest absolute Gasteiger partial charge is 0.481 e. The molecule has 2 aromatic rings. The van der Waals surface area contributed by atoms with Crippen molar-refractivity contribution in [2.24, 2.45) is 11.8 Å². The Hall–Kier alpha value is -2.39. The molecular weight excluding hydrogens is 411 g/mol. The smallest absolute Gasteiger partial charge is 0.416 e. The third kappa shape index (κ3) is 4.08. The van der Waals surface area contributed by atoms with Crippen molar-refractivity contribution < 1.29 is 27.8 Å². The molecule has 1 saturated heterocycles. The number of nitrogens with zero attached hydrogens (tertiary/aromatic N) is 3. The second kappa shape index (κ2) is 8.27. The van der Waals surface area contributed by atoms with Gasteiger partial charge in [0, 0.05) is 31.7 Å². The Morgan fingerprint density at radius 1 is 1.19 bits per heavy atom. The highest BCUT2D eigenvalue weighted by Crippen LogP contribution is 2.50. The molecule has 1 aliphatic carbocycles. The number of hydrogen-bond donors (Lipinski definition) is 1. The van der Waals surface area contributed by atoms with Crippen molar-refractivity contribution in [3.05, 3.63) is 47.2 Å². The summed E-state index contributed by atoms with van der Waals surface area (Å²) in [5.41, 5.74) is -1.06. The molecule has 2 fully saturated rings. The highest BCUT2D eigenvalue weighted by Gasteiger charge is 2.51. The summed E-state index contributed by atoms with van der Waals surface area (Å²) in [6.07, 6.45) is -0.608. The van der Waals surface area contributed by atoms with Gasteiger partial charge >= 0.3 is 12.2 Å². The lowest BCUT2D eigenvalue weighted by Gasteiger charge is -2.41. The third-order valence-corrected chi connectivity index (χ3v) is 6.55. The molecule has 6 nitrogen and oxygen atoms in total. The molecule has 31 heavy (non-hydrogen) atoms. The maximum Gasteiger partial charge on any atom is 0.416 e. The van der Waals surface area contributed by atoms with Gasteiger partial charge in [-0.25, -0.2) is 4.98 Å². The van der Waals surface area contributed by atoms with Crippen LogP contribution < -0.4 is 9.47 Å². The quantitative estimate of drug-likeness (QED) is 0.771. The van der Waals surface area contributed by atoms with Crippen molar-refractivity contribution in [2.75, 3.05) is 27.3 Å². The molecule has 9 heteroatoms. The number of fused-ring (bicyclic) bond motifs is 1. The molecule has 0 amide bonds. The van der Waals surface area contributed by atoms with Crippen molar-refractivity contribution in [3.8, 4) is 11.9 Å². The topological polar surface area (TPSA) is 67.7 Å². The Morgan fingerprint density at radius 3 is 2.68 bits per heavy atom. The van der Waals surface area contributed by atoms with Crippen LogP contribution >= 0.6 is 0 Å². The highest BCUT2D eigenvalue weighted by atomic mass is 19.4. The number of aromatic nitrogens is 2. The minimum Gasteiger partial charge on any atom is -0.481 e. The minimum absolute atomic E-state index is 0.147. The van der Waals surface area contributed by atoms with Crippen molar-refractivity contribution >= 4 is 0 Å². The van der Waals surface area contributed by atoms with Crippen molar-refractivity contribution in [1.29, 1.82) is 0 Å². The van der Waals surface area contributed by atoms with Crippen LogP contribution in [0.5, 0.6) is 11.9 Å². The summed E-state index contributed by atoms with van der Waals surface area (Å²) in [7, 11) is 2.93. The fourth-order valence-corrected chi connectivity index (χ4v) is 5.15. The Balaban J connectivity index is 1.60. The summed E-state index contributed by atoms with van der Waals surface area (Å²) in [6, 6.07) is 5.83. The lowest BCUT2D eigenvalue weighted by molar-refractivity contribution is -0.138. The van der Waals surface area contributed by atoms with E-state index in [0.717, 1.165) is 18.9 Å². The number of likely N-dealkylation sites (tertiary alicyclic amines) is 1. The van der Waals surface area contributed by atoms with Gasteiger partial charge in [-0.15, -0.1) is 0 Å². The summed E-state index contributed by atoms with van der Waals surface area (Å²) >= 11 is 0. The van der Waals surface area contributed by atoms with Crippen LogP contribution in [0.3, 0.4) is 0 Å². The second-order valence-corrected chi connectivity index (χ2v) is 8.31. The number of halogens is 3. The fraction of sp³-hybridized carbons (Fsp3) is 0.545.